The van der Waals surface area contributed by atoms with E-state index in [1.54, 1.807) is 22.7 Å². The molecule has 3 heteroatoms. The minimum atomic E-state index is 0.203. The van der Waals surface area contributed by atoms with Gasteiger partial charge in [0.1, 0.15) is 0 Å². The first-order valence-electron chi connectivity index (χ1n) is 5.95. The Hall–Kier alpha value is -0.930. The van der Waals surface area contributed by atoms with Gasteiger partial charge in [0, 0.05) is 20.7 Å². The molecule has 2 aromatic rings. The van der Waals surface area contributed by atoms with E-state index in [4.69, 9.17) is 0 Å². The summed E-state index contributed by atoms with van der Waals surface area (Å²) in [6, 6.07) is 4.11. The number of thiophene rings is 2. The Kier molecular flexibility index (Phi) is 2.89. The third kappa shape index (κ3) is 2.09. The van der Waals surface area contributed by atoms with E-state index < -0.39 is 0 Å². The Bertz CT molecular complexity index is 539. The van der Waals surface area contributed by atoms with E-state index in [0.717, 1.165) is 23.3 Å². The molecule has 1 aliphatic carbocycles. The van der Waals surface area contributed by atoms with Crippen molar-refractivity contribution in [3.63, 3.8) is 0 Å². The molecule has 0 bridgehead atoms. The highest BCUT2D eigenvalue weighted by atomic mass is 32.1. The summed E-state index contributed by atoms with van der Waals surface area (Å²) in [5.74, 6) is 0.203. The van der Waals surface area contributed by atoms with Gasteiger partial charge in [-0.1, -0.05) is 0 Å². The van der Waals surface area contributed by atoms with Crippen LogP contribution in [0.3, 0.4) is 0 Å². The van der Waals surface area contributed by atoms with Crippen LogP contribution in [0.4, 0.5) is 0 Å². The van der Waals surface area contributed by atoms with Gasteiger partial charge < -0.3 is 0 Å². The second kappa shape index (κ2) is 4.39. The maximum atomic E-state index is 12.3. The van der Waals surface area contributed by atoms with Crippen molar-refractivity contribution in [2.45, 2.75) is 32.6 Å². The fraction of sp³-hybridized carbons (Fsp3) is 0.357. The molecule has 17 heavy (non-hydrogen) atoms. The Morgan fingerprint density at radius 1 is 1.24 bits per heavy atom. The summed E-state index contributed by atoms with van der Waals surface area (Å²) >= 11 is 3.35. The van der Waals surface area contributed by atoms with Crippen molar-refractivity contribution in [1.29, 1.82) is 0 Å². The average Bonchev–Trinajstić information content (AvgIpc) is 2.93. The van der Waals surface area contributed by atoms with Gasteiger partial charge in [0.25, 0.3) is 0 Å². The van der Waals surface area contributed by atoms with E-state index in [1.807, 2.05) is 18.4 Å². The van der Waals surface area contributed by atoms with Gasteiger partial charge in [0.2, 0.25) is 5.78 Å². The number of hydrogen-bond acceptors (Lipinski definition) is 3. The average molecular weight is 262 g/mol. The molecule has 0 amide bonds. The molecule has 1 nitrogen and oxygen atoms in total. The molecule has 3 rings (SSSR count). The van der Waals surface area contributed by atoms with Crippen molar-refractivity contribution < 1.29 is 4.79 Å². The summed E-state index contributed by atoms with van der Waals surface area (Å²) in [6.45, 7) is 2.04. The summed E-state index contributed by atoms with van der Waals surface area (Å²) in [6.07, 6.45) is 4.87. The molecule has 0 unspecified atom stereocenters. The first kappa shape index (κ1) is 11.2. The smallest absolute Gasteiger partial charge is 0.203 e. The highest BCUT2D eigenvalue weighted by Crippen LogP contribution is 2.31. The molecule has 0 saturated heterocycles. The van der Waals surface area contributed by atoms with Crippen molar-refractivity contribution in [2.24, 2.45) is 0 Å². The highest BCUT2D eigenvalue weighted by molar-refractivity contribution is 7.14. The minimum Gasteiger partial charge on any atom is -0.288 e. The summed E-state index contributed by atoms with van der Waals surface area (Å²) in [5.41, 5.74) is 2.27. The zero-order valence-electron chi connectivity index (χ0n) is 9.79. The molecule has 88 valence electrons. The first-order chi connectivity index (χ1) is 8.24. The monoisotopic (exact) mass is 262 g/mol. The summed E-state index contributed by atoms with van der Waals surface area (Å²) in [7, 11) is 0. The van der Waals surface area contributed by atoms with Gasteiger partial charge in [-0.05, 0) is 50.3 Å². The molecule has 0 aromatic carbocycles. The van der Waals surface area contributed by atoms with E-state index in [0.29, 0.717) is 0 Å². The van der Waals surface area contributed by atoms with Gasteiger partial charge in [0.05, 0.1) is 4.88 Å². The van der Waals surface area contributed by atoms with Gasteiger partial charge >= 0.3 is 0 Å². The van der Waals surface area contributed by atoms with Gasteiger partial charge in [-0.3, -0.25) is 4.79 Å². The van der Waals surface area contributed by atoms with Crippen LogP contribution < -0.4 is 0 Å². The molecule has 0 N–H and O–H groups in total. The van der Waals surface area contributed by atoms with E-state index in [-0.39, 0.29) is 5.78 Å². The van der Waals surface area contributed by atoms with Crippen LogP contribution in [0.2, 0.25) is 0 Å². The zero-order chi connectivity index (χ0) is 11.8. The second-order valence-electron chi connectivity index (χ2n) is 4.54. The Balaban J connectivity index is 1.94. The molecular formula is C14H14OS2. The predicted octanol–water partition coefficient (Wildman–Crippen LogP) is 4.23. The zero-order valence-corrected chi connectivity index (χ0v) is 11.4. The van der Waals surface area contributed by atoms with Crippen LogP contribution in [0.15, 0.2) is 17.5 Å². The van der Waals surface area contributed by atoms with Crippen LogP contribution in [0.25, 0.3) is 0 Å². The number of fused-ring (bicyclic) bond motifs is 1. The van der Waals surface area contributed by atoms with Crippen LogP contribution in [0.5, 0.6) is 0 Å². The van der Waals surface area contributed by atoms with E-state index in [2.05, 4.69) is 6.07 Å². The maximum Gasteiger partial charge on any atom is 0.203 e. The maximum absolute atomic E-state index is 12.3. The van der Waals surface area contributed by atoms with E-state index in [1.165, 1.54) is 28.2 Å². The fourth-order valence-corrected chi connectivity index (χ4v) is 4.21. The topological polar surface area (TPSA) is 17.1 Å². The Morgan fingerprint density at radius 2 is 2.06 bits per heavy atom. The van der Waals surface area contributed by atoms with Gasteiger partial charge in [-0.25, -0.2) is 0 Å². The molecule has 0 atom stereocenters. The predicted molar refractivity (Wildman–Crippen MR) is 73.4 cm³/mol. The highest BCUT2D eigenvalue weighted by Gasteiger charge is 2.18. The number of aryl methyl sites for hydroxylation is 3. The lowest BCUT2D eigenvalue weighted by Crippen LogP contribution is -1.97. The lowest BCUT2D eigenvalue weighted by atomic mass is 9.99. The van der Waals surface area contributed by atoms with Crippen LogP contribution in [0, 0.1) is 6.92 Å². The number of carbonyl (C=O) groups is 1. The number of ketones is 1. The molecule has 2 aromatic heterocycles. The summed E-state index contributed by atoms with van der Waals surface area (Å²) in [4.78, 5) is 15.9. The van der Waals surface area contributed by atoms with E-state index >= 15 is 0 Å². The van der Waals surface area contributed by atoms with Gasteiger partial charge in [0.15, 0.2) is 0 Å². The first-order valence-corrected chi connectivity index (χ1v) is 7.65. The van der Waals surface area contributed by atoms with Crippen molar-refractivity contribution in [3.05, 3.63) is 43.3 Å². The molecule has 0 aliphatic heterocycles. The molecule has 1 aliphatic rings. The lowest BCUT2D eigenvalue weighted by molar-refractivity contribution is 0.104. The number of hydrogen-bond donors (Lipinski definition) is 0. The van der Waals surface area contributed by atoms with Crippen LogP contribution >= 0.6 is 22.7 Å². The Morgan fingerprint density at radius 3 is 2.76 bits per heavy atom. The summed E-state index contributed by atoms with van der Waals surface area (Å²) in [5, 5.41) is 1.97. The van der Waals surface area contributed by atoms with Crippen LogP contribution in [-0.2, 0) is 12.8 Å². The van der Waals surface area contributed by atoms with Gasteiger partial charge in [-0.2, -0.15) is 0 Å². The minimum absolute atomic E-state index is 0.203. The normalized spacial score (nSPS) is 14.6. The standard InChI is InChI=1S/C14H14OS2/c1-9-6-11(8-16-9)14(15)13-7-10-4-2-3-5-12(10)17-13/h6-8H,2-5H2,1H3. The molecule has 0 spiro atoms. The molecule has 2 heterocycles. The largest absolute Gasteiger partial charge is 0.288 e. The van der Waals surface area contributed by atoms with Crippen molar-refractivity contribution in [1.82, 2.24) is 0 Å². The second-order valence-corrected chi connectivity index (χ2v) is 6.79. The molecule has 0 fully saturated rings. The lowest BCUT2D eigenvalue weighted by Gasteiger charge is -2.08. The number of carbonyl (C=O) groups excluding carboxylic acids is 1. The third-order valence-corrected chi connectivity index (χ3v) is 5.31. The Labute approximate surface area is 109 Å². The third-order valence-electron chi connectivity index (χ3n) is 3.21. The van der Waals surface area contributed by atoms with Gasteiger partial charge in [-0.15, -0.1) is 22.7 Å². The van der Waals surface area contributed by atoms with Crippen molar-refractivity contribution >= 4 is 28.5 Å². The summed E-state index contributed by atoms with van der Waals surface area (Å²) < 4.78 is 0. The van der Waals surface area contributed by atoms with Crippen molar-refractivity contribution in [2.75, 3.05) is 0 Å². The van der Waals surface area contributed by atoms with E-state index in [9.17, 15) is 4.79 Å². The van der Waals surface area contributed by atoms with Crippen molar-refractivity contribution in [3.8, 4) is 0 Å². The quantitative estimate of drug-likeness (QED) is 0.740. The van der Waals surface area contributed by atoms with Crippen LogP contribution in [0.1, 0.15) is 43.4 Å². The van der Waals surface area contributed by atoms with Crippen LogP contribution in [-0.4, -0.2) is 5.78 Å². The SMILES string of the molecule is Cc1cc(C(=O)c2cc3c(s2)CCCC3)cs1. The molecule has 0 radical (unpaired) electrons. The molecule has 0 saturated carbocycles. The fourth-order valence-electron chi connectivity index (χ4n) is 2.31. The molecular weight excluding hydrogens is 248 g/mol. The number of rotatable bonds is 2.